The number of nitrogens with two attached hydrogens (primary N) is 1. The molecule has 0 spiro atoms. The Morgan fingerprint density at radius 2 is 1.70 bits per heavy atom. The summed E-state index contributed by atoms with van der Waals surface area (Å²) in [5.74, 6) is 0.942. The van der Waals surface area contributed by atoms with Crippen LogP contribution in [0, 0.1) is 0 Å². The highest BCUT2D eigenvalue weighted by Gasteiger charge is 2.10. The number of aromatic nitrogens is 1. The van der Waals surface area contributed by atoms with E-state index in [1.54, 1.807) is 18.3 Å². The number of nitrogen functional groups attached to an aromatic ring is 1. The topological polar surface area (TPSA) is 48.1 Å². The Kier molecular flexibility index (Phi) is 3.38. The van der Waals surface area contributed by atoms with Crippen LogP contribution >= 0.6 is 23.2 Å². The molecule has 3 aromatic rings. The van der Waals surface area contributed by atoms with Gasteiger partial charge in [0.2, 0.25) is 0 Å². The quantitative estimate of drug-likeness (QED) is 0.684. The van der Waals surface area contributed by atoms with Crippen LogP contribution in [0.15, 0.2) is 48.7 Å². The van der Waals surface area contributed by atoms with E-state index < -0.39 is 0 Å². The van der Waals surface area contributed by atoms with Gasteiger partial charge in [0.1, 0.15) is 5.75 Å². The van der Waals surface area contributed by atoms with E-state index in [1.807, 2.05) is 30.3 Å². The fourth-order valence-corrected chi connectivity index (χ4v) is 2.48. The molecular weight excluding hydrogens is 295 g/mol. The van der Waals surface area contributed by atoms with Crippen molar-refractivity contribution in [3.8, 4) is 11.5 Å². The highest BCUT2D eigenvalue weighted by molar-refractivity contribution is 6.37. The first-order valence-electron chi connectivity index (χ1n) is 5.90. The molecule has 3 nitrogen and oxygen atoms in total. The summed E-state index contributed by atoms with van der Waals surface area (Å²) in [4.78, 5) is 4.32. The molecule has 3 rings (SSSR count). The second-order valence-electron chi connectivity index (χ2n) is 4.28. The summed E-state index contributed by atoms with van der Waals surface area (Å²) in [6.07, 6.45) is 1.63. The van der Waals surface area contributed by atoms with Crippen molar-refractivity contribution < 1.29 is 4.74 Å². The minimum absolute atomic E-state index is 0.364. The van der Waals surface area contributed by atoms with Gasteiger partial charge < -0.3 is 10.5 Å². The number of rotatable bonds is 2. The van der Waals surface area contributed by atoms with Gasteiger partial charge in [0.15, 0.2) is 5.75 Å². The first-order valence-corrected chi connectivity index (χ1v) is 6.66. The van der Waals surface area contributed by atoms with Crippen molar-refractivity contribution in [3.05, 3.63) is 58.7 Å². The molecule has 0 aliphatic rings. The van der Waals surface area contributed by atoms with Gasteiger partial charge in [0, 0.05) is 11.1 Å². The summed E-state index contributed by atoms with van der Waals surface area (Å²) < 4.78 is 5.72. The third-order valence-corrected chi connectivity index (χ3v) is 3.37. The van der Waals surface area contributed by atoms with Crippen LogP contribution in [0.4, 0.5) is 5.69 Å². The highest BCUT2D eigenvalue weighted by atomic mass is 35.5. The van der Waals surface area contributed by atoms with E-state index in [2.05, 4.69) is 4.98 Å². The largest absolute Gasteiger partial charge is 0.453 e. The van der Waals surface area contributed by atoms with Crippen molar-refractivity contribution in [1.29, 1.82) is 0 Å². The van der Waals surface area contributed by atoms with Gasteiger partial charge in [-0.1, -0.05) is 41.4 Å². The van der Waals surface area contributed by atoms with Gasteiger partial charge >= 0.3 is 0 Å². The van der Waals surface area contributed by atoms with Crippen LogP contribution < -0.4 is 10.5 Å². The molecule has 0 fully saturated rings. The Labute approximate surface area is 125 Å². The van der Waals surface area contributed by atoms with Crippen LogP contribution in [-0.2, 0) is 0 Å². The second-order valence-corrected chi connectivity index (χ2v) is 5.09. The third kappa shape index (κ3) is 2.50. The highest BCUT2D eigenvalue weighted by Crippen LogP contribution is 2.38. The van der Waals surface area contributed by atoms with E-state index >= 15 is 0 Å². The first-order chi connectivity index (χ1) is 9.63. The minimum Gasteiger partial charge on any atom is -0.453 e. The van der Waals surface area contributed by atoms with Crippen molar-refractivity contribution >= 4 is 39.8 Å². The molecular formula is C15H10Cl2N2O. The molecule has 2 N–H and O–H groups in total. The van der Waals surface area contributed by atoms with Crippen LogP contribution in [0.2, 0.25) is 10.0 Å². The maximum absolute atomic E-state index is 6.09. The first kappa shape index (κ1) is 13.0. The standard InChI is InChI=1S/C15H10Cl2N2O/c16-12-6-10(18)7-13(17)15(12)20-11-5-9-3-1-2-4-14(9)19-8-11/h1-8H,18H2. The van der Waals surface area contributed by atoms with E-state index in [9.17, 15) is 0 Å². The molecule has 0 bridgehead atoms. The average Bonchev–Trinajstić information content (AvgIpc) is 2.42. The number of ether oxygens (including phenoxy) is 1. The Morgan fingerprint density at radius 3 is 2.45 bits per heavy atom. The van der Waals surface area contributed by atoms with Gasteiger partial charge in [-0.3, -0.25) is 4.98 Å². The molecule has 0 amide bonds. The van der Waals surface area contributed by atoms with Gasteiger partial charge in [-0.25, -0.2) is 0 Å². The van der Waals surface area contributed by atoms with E-state index in [1.165, 1.54) is 0 Å². The predicted molar refractivity (Wildman–Crippen MR) is 82.7 cm³/mol. The number of nitrogens with zero attached hydrogens (tertiary/aromatic N) is 1. The molecule has 100 valence electrons. The average molecular weight is 305 g/mol. The van der Waals surface area contributed by atoms with Gasteiger partial charge in [-0.15, -0.1) is 0 Å². The lowest BCUT2D eigenvalue weighted by atomic mass is 10.2. The molecule has 20 heavy (non-hydrogen) atoms. The fraction of sp³-hybridized carbons (Fsp3) is 0. The summed E-state index contributed by atoms with van der Waals surface area (Å²) in [6.45, 7) is 0. The van der Waals surface area contributed by atoms with E-state index in [-0.39, 0.29) is 0 Å². The molecule has 0 atom stereocenters. The molecule has 5 heteroatoms. The molecule has 0 aliphatic heterocycles. The van der Waals surface area contributed by atoms with Gasteiger partial charge in [0.05, 0.1) is 21.8 Å². The molecule has 1 heterocycles. The van der Waals surface area contributed by atoms with Crippen LogP contribution in [-0.4, -0.2) is 4.98 Å². The number of hydrogen-bond acceptors (Lipinski definition) is 3. The molecule has 0 aliphatic carbocycles. The van der Waals surface area contributed by atoms with Crippen LogP contribution in [0.1, 0.15) is 0 Å². The SMILES string of the molecule is Nc1cc(Cl)c(Oc2cnc3ccccc3c2)c(Cl)c1. The van der Waals surface area contributed by atoms with Crippen molar-refractivity contribution in [2.45, 2.75) is 0 Å². The van der Waals surface area contributed by atoms with E-state index in [4.69, 9.17) is 33.7 Å². The maximum atomic E-state index is 6.09. The summed E-state index contributed by atoms with van der Waals surface area (Å²) in [6, 6.07) is 12.8. The summed E-state index contributed by atoms with van der Waals surface area (Å²) in [7, 11) is 0. The number of fused-ring (bicyclic) bond motifs is 1. The van der Waals surface area contributed by atoms with E-state index in [0.717, 1.165) is 10.9 Å². The van der Waals surface area contributed by atoms with Crippen molar-refractivity contribution in [1.82, 2.24) is 4.98 Å². The molecule has 0 radical (unpaired) electrons. The van der Waals surface area contributed by atoms with Gasteiger partial charge in [-0.2, -0.15) is 0 Å². The zero-order chi connectivity index (χ0) is 14.1. The maximum Gasteiger partial charge on any atom is 0.164 e. The van der Waals surface area contributed by atoms with Crippen molar-refractivity contribution in [2.24, 2.45) is 0 Å². The Bertz CT molecular complexity index is 767. The number of para-hydroxylation sites is 1. The third-order valence-electron chi connectivity index (χ3n) is 2.81. The summed E-state index contributed by atoms with van der Waals surface area (Å²) in [5.41, 5.74) is 7.05. The summed E-state index contributed by atoms with van der Waals surface area (Å²) in [5, 5.41) is 1.71. The zero-order valence-electron chi connectivity index (χ0n) is 10.3. The Hall–Kier alpha value is -1.97. The second kappa shape index (κ2) is 5.19. The smallest absolute Gasteiger partial charge is 0.164 e. The lowest BCUT2D eigenvalue weighted by Crippen LogP contribution is -1.91. The number of halogens is 2. The van der Waals surface area contributed by atoms with Gasteiger partial charge in [-0.05, 0) is 24.3 Å². The Balaban J connectivity index is 2.01. The van der Waals surface area contributed by atoms with Crippen LogP contribution in [0.25, 0.3) is 10.9 Å². The van der Waals surface area contributed by atoms with Crippen LogP contribution in [0.3, 0.4) is 0 Å². The Morgan fingerprint density at radius 1 is 1.00 bits per heavy atom. The van der Waals surface area contributed by atoms with Crippen molar-refractivity contribution in [3.63, 3.8) is 0 Å². The van der Waals surface area contributed by atoms with Gasteiger partial charge in [0.25, 0.3) is 0 Å². The molecule has 0 unspecified atom stereocenters. The predicted octanol–water partition coefficient (Wildman–Crippen LogP) is 4.92. The van der Waals surface area contributed by atoms with E-state index in [0.29, 0.717) is 27.2 Å². The van der Waals surface area contributed by atoms with Crippen molar-refractivity contribution in [2.75, 3.05) is 5.73 Å². The molecule has 0 saturated heterocycles. The molecule has 1 aromatic heterocycles. The zero-order valence-corrected chi connectivity index (χ0v) is 11.8. The molecule has 2 aromatic carbocycles. The molecule has 0 saturated carbocycles. The minimum atomic E-state index is 0.364. The van der Waals surface area contributed by atoms with Crippen LogP contribution in [0.5, 0.6) is 11.5 Å². The number of hydrogen-bond donors (Lipinski definition) is 1. The lowest BCUT2D eigenvalue weighted by molar-refractivity contribution is 0.482. The number of benzene rings is 2. The lowest BCUT2D eigenvalue weighted by Gasteiger charge is -2.10. The summed E-state index contributed by atoms with van der Waals surface area (Å²) >= 11 is 12.2. The number of anilines is 1. The fourth-order valence-electron chi connectivity index (χ4n) is 1.90. The number of pyridine rings is 1. The monoisotopic (exact) mass is 304 g/mol. The normalized spacial score (nSPS) is 10.7.